The van der Waals surface area contributed by atoms with Gasteiger partial charge in [-0.15, -0.1) is 5.10 Å². The number of esters is 1. The third-order valence-electron chi connectivity index (χ3n) is 2.27. The third-order valence-corrected chi connectivity index (χ3v) is 2.27. The molecule has 0 amide bonds. The van der Waals surface area contributed by atoms with E-state index in [2.05, 4.69) is 20.1 Å². The standard InChI is InChI=1S/C11H9N3O3/c1-17-11(15)10(14-16)9-8-5-3-2-4-7(8)6-12-13-9/h2-6,16H,1H3. The van der Waals surface area contributed by atoms with Gasteiger partial charge in [0.2, 0.25) is 5.71 Å². The predicted molar refractivity (Wildman–Crippen MR) is 59.9 cm³/mol. The van der Waals surface area contributed by atoms with Gasteiger partial charge in [0.15, 0.2) is 0 Å². The number of hydrogen-bond acceptors (Lipinski definition) is 6. The van der Waals surface area contributed by atoms with E-state index in [0.717, 1.165) is 5.39 Å². The van der Waals surface area contributed by atoms with Crippen molar-refractivity contribution in [2.24, 2.45) is 5.16 Å². The molecule has 17 heavy (non-hydrogen) atoms. The van der Waals surface area contributed by atoms with Crippen molar-refractivity contribution < 1.29 is 14.7 Å². The van der Waals surface area contributed by atoms with Crippen LogP contribution < -0.4 is 0 Å². The predicted octanol–water partition coefficient (Wildman–Crippen LogP) is 0.981. The molecule has 0 aliphatic rings. The lowest BCUT2D eigenvalue weighted by atomic mass is 10.1. The zero-order valence-electron chi connectivity index (χ0n) is 8.99. The van der Waals surface area contributed by atoms with E-state index < -0.39 is 5.97 Å². The van der Waals surface area contributed by atoms with Crippen molar-refractivity contribution in [2.45, 2.75) is 0 Å². The molecule has 0 saturated carbocycles. The Morgan fingerprint density at radius 2 is 2.18 bits per heavy atom. The quantitative estimate of drug-likeness (QED) is 0.360. The first-order valence-electron chi connectivity index (χ1n) is 4.79. The number of carbonyl (C=O) groups is 1. The normalized spacial score (nSPS) is 11.5. The number of hydrogen-bond donors (Lipinski definition) is 1. The maximum atomic E-state index is 11.4. The summed E-state index contributed by atoms with van der Waals surface area (Å²) in [7, 11) is 1.20. The number of carbonyl (C=O) groups excluding carboxylic acids is 1. The van der Waals surface area contributed by atoms with Crippen LogP contribution in [0.5, 0.6) is 0 Å². The second kappa shape index (κ2) is 4.56. The average molecular weight is 231 g/mol. The van der Waals surface area contributed by atoms with Gasteiger partial charge in [-0.2, -0.15) is 5.10 Å². The molecular weight excluding hydrogens is 222 g/mol. The lowest BCUT2D eigenvalue weighted by Gasteiger charge is -2.04. The molecule has 6 heteroatoms. The smallest absolute Gasteiger partial charge is 0.362 e. The zero-order valence-corrected chi connectivity index (χ0v) is 8.99. The van der Waals surface area contributed by atoms with E-state index in [4.69, 9.17) is 5.21 Å². The summed E-state index contributed by atoms with van der Waals surface area (Å²) in [5.41, 5.74) is -0.0748. The fourth-order valence-corrected chi connectivity index (χ4v) is 1.48. The number of oxime groups is 1. The van der Waals surface area contributed by atoms with Gasteiger partial charge in [0.1, 0.15) is 5.69 Å². The number of aromatic nitrogens is 2. The molecule has 0 aliphatic carbocycles. The van der Waals surface area contributed by atoms with Crippen LogP contribution >= 0.6 is 0 Å². The van der Waals surface area contributed by atoms with Crippen molar-refractivity contribution >= 4 is 22.5 Å². The molecule has 86 valence electrons. The van der Waals surface area contributed by atoms with Gasteiger partial charge in [-0.1, -0.05) is 29.4 Å². The van der Waals surface area contributed by atoms with Gasteiger partial charge in [-0.05, 0) is 0 Å². The number of benzene rings is 1. The summed E-state index contributed by atoms with van der Waals surface area (Å²) in [5, 5.41) is 20.8. The van der Waals surface area contributed by atoms with Gasteiger partial charge in [0.25, 0.3) is 0 Å². The van der Waals surface area contributed by atoms with Crippen molar-refractivity contribution in [3.8, 4) is 0 Å². The number of ether oxygens (including phenoxy) is 1. The molecule has 0 radical (unpaired) electrons. The van der Waals surface area contributed by atoms with Gasteiger partial charge in [-0.3, -0.25) is 0 Å². The van der Waals surface area contributed by atoms with E-state index >= 15 is 0 Å². The Morgan fingerprint density at radius 3 is 2.88 bits per heavy atom. The van der Waals surface area contributed by atoms with Crippen LogP contribution in [0, 0.1) is 0 Å². The minimum absolute atomic E-state index is 0.192. The van der Waals surface area contributed by atoms with Gasteiger partial charge >= 0.3 is 5.97 Å². The molecule has 1 aromatic heterocycles. The topological polar surface area (TPSA) is 84.7 Å². The molecule has 1 N–H and O–H groups in total. The van der Waals surface area contributed by atoms with Crippen LogP contribution in [0.3, 0.4) is 0 Å². The van der Waals surface area contributed by atoms with Crippen LogP contribution in [0.4, 0.5) is 0 Å². The Labute approximate surface area is 96.5 Å². The van der Waals surface area contributed by atoms with Crippen molar-refractivity contribution in [2.75, 3.05) is 7.11 Å². The molecule has 1 heterocycles. The molecule has 0 aliphatic heterocycles. The molecule has 0 atom stereocenters. The lowest BCUT2D eigenvalue weighted by Crippen LogP contribution is -2.19. The summed E-state index contributed by atoms with van der Waals surface area (Å²) < 4.78 is 4.51. The Kier molecular flexibility index (Phi) is 2.95. The van der Waals surface area contributed by atoms with E-state index in [9.17, 15) is 4.79 Å². The maximum absolute atomic E-state index is 11.4. The molecular formula is C11H9N3O3. The Balaban J connectivity index is 2.66. The average Bonchev–Trinajstić information content (AvgIpc) is 2.39. The van der Waals surface area contributed by atoms with E-state index in [1.165, 1.54) is 7.11 Å². The monoisotopic (exact) mass is 231 g/mol. The largest absolute Gasteiger partial charge is 0.464 e. The van der Waals surface area contributed by atoms with Crippen molar-refractivity contribution in [3.63, 3.8) is 0 Å². The Bertz CT molecular complexity index is 590. The van der Waals surface area contributed by atoms with Crippen LogP contribution in [0.2, 0.25) is 0 Å². The highest BCUT2D eigenvalue weighted by Crippen LogP contribution is 2.16. The maximum Gasteiger partial charge on any atom is 0.362 e. The van der Waals surface area contributed by atoms with Gasteiger partial charge < -0.3 is 9.94 Å². The number of methoxy groups -OCH3 is 1. The zero-order chi connectivity index (χ0) is 12.3. The van der Waals surface area contributed by atoms with Crippen LogP contribution in [-0.4, -0.2) is 34.2 Å². The molecule has 6 nitrogen and oxygen atoms in total. The van der Waals surface area contributed by atoms with E-state index in [0.29, 0.717) is 5.39 Å². The fraction of sp³-hybridized carbons (Fsp3) is 0.0909. The van der Waals surface area contributed by atoms with Crippen molar-refractivity contribution in [3.05, 3.63) is 36.2 Å². The van der Waals surface area contributed by atoms with Gasteiger partial charge in [0, 0.05) is 10.8 Å². The molecule has 0 saturated heterocycles. The molecule has 1 aromatic carbocycles. The summed E-state index contributed by atoms with van der Waals surface area (Å²) in [4.78, 5) is 11.4. The first-order chi connectivity index (χ1) is 8.27. The lowest BCUT2D eigenvalue weighted by molar-refractivity contribution is -0.132. The summed E-state index contributed by atoms with van der Waals surface area (Å²) >= 11 is 0. The second-order valence-electron chi connectivity index (χ2n) is 3.22. The molecule has 0 fully saturated rings. The van der Waals surface area contributed by atoms with Crippen LogP contribution in [0.25, 0.3) is 10.8 Å². The SMILES string of the molecule is COC(=O)C(=NO)c1nncc2ccccc12. The molecule has 0 bridgehead atoms. The highest BCUT2D eigenvalue weighted by molar-refractivity contribution is 6.44. The first kappa shape index (κ1) is 11.0. The number of nitrogens with zero attached hydrogens (tertiary/aromatic N) is 3. The summed E-state index contributed by atoms with van der Waals surface area (Å²) in [6.45, 7) is 0. The highest BCUT2D eigenvalue weighted by atomic mass is 16.5. The third kappa shape index (κ3) is 1.92. The molecule has 0 unspecified atom stereocenters. The molecule has 2 rings (SSSR count). The number of fused-ring (bicyclic) bond motifs is 1. The Hall–Kier alpha value is -2.50. The van der Waals surface area contributed by atoms with Gasteiger partial charge in [0.05, 0.1) is 13.3 Å². The first-order valence-corrected chi connectivity index (χ1v) is 4.79. The fourth-order valence-electron chi connectivity index (χ4n) is 1.48. The van der Waals surface area contributed by atoms with Gasteiger partial charge in [-0.25, -0.2) is 4.79 Å². The van der Waals surface area contributed by atoms with E-state index in [1.807, 2.05) is 12.1 Å². The summed E-state index contributed by atoms with van der Waals surface area (Å²) in [6.07, 6.45) is 1.56. The van der Waals surface area contributed by atoms with E-state index in [-0.39, 0.29) is 11.4 Å². The van der Waals surface area contributed by atoms with Crippen molar-refractivity contribution in [1.29, 1.82) is 0 Å². The minimum atomic E-state index is -0.766. The number of rotatable bonds is 2. The summed E-state index contributed by atoms with van der Waals surface area (Å²) in [6, 6.07) is 7.20. The Morgan fingerprint density at radius 1 is 1.41 bits per heavy atom. The van der Waals surface area contributed by atoms with E-state index in [1.54, 1.807) is 18.3 Å². The minimum Gasteiger partial charge on any atom is -0.464 e. The molecule has 2 aromatic rings. The second-order valence-corrected chi connectivity index (χ2v) is 3.22. The highest BCUT2D eigenvalue weighted by Gasteiger charge is 2.19. The van der Waals surface area contributed by atoms with Crippen LogP contribution in [0.15, 0.2) is 35.6 Å². The molecule has 0 spiro atoms. The van der Waals surface area contributed by atoms with Crippen molar-refractivity contribution in [1.82, 2.24) is 10.2 Å². The van der Waals surface area contributed by atoms with Crippen LogP contribution in [0.1, 0.15) is 5.69 Å². The summed E-state index contributed by atoms with van der Waals surface area (Å²) in [5.74, 6) is -0.766. The van der Waals surface area contributed by atoms with Crippen LogP contribution in [-0.2, 0) is 9.53 Å².